The largest absolute Gasteiger partial charge is 0.311 e. The predicted octanol–water partition coefficient (Wildman–Crippen LogP) is 3.18. The molecule has 0 spiro atoms. The van der Waals surface area contributed by atoms with E-state index in [-0.39, 0.29) is 0 Å². The van der Waals surface area contributed by atoms with Gasteiger partial charge in [0.15, 0.2) is 0 Å². The molecule has 0 saturated carbocycles. The van der Waals surface area contributed by atoms with Gasteiger partial charge in [-0.1, -0.05) is 19.9 Å². The highest BCUT2D eigenvalue weighted by molar-refractivity contribution is 7.09. The molecule has 3 nitrogen and oxygen atoms in total. The number of nitrogens with zero attached hydrogens (tertiary/aromatic N) is 2. The molecule has 102 valence electrons. The molecule has 0 fully saturated rings. The molecular formula is C15H21N3S. The summed E-state index contributed by atoms with van der Waals surface area (Å²) in [5.41, 5.74) is 2.13. The van der Waals surface area contributed by atoms with Crippen LogP contribution in [0.2, 0.25) is 0 Å². The van der Waals surface area contributed by atoms with Gasteiger partial charge >= 0.3 is 0 Å². The normalized spacial score (nSPS) is 11.2. The Morgan fingerprint density at radius 1 is 1.32 bits per heavy atom. The molecule has 2 aromatic heterocycles. The Bertz CT molecular complexity index is 506. The molecule has 2 aromatic rings. The molecule has 2 rings (SSSR count). The number of nitrogens with one attached hydrogen (secondary N) is 1. The first-order valence-electron chi connectivity index (χ1n) is 6.70. The Balaban J connectivity index is 2.02. The van der Waals surface area contributed by atoms with E-state index in [2.05, 4.69) is 52.7 Å². The van der Waals surface area contributed by atoms with Gasteiger partial charge in [-0.2, -0.15) is 0 Å². The summed E-state index contributed by atoms with van der Waals surface area (Å²) in [6, 6.07) is 6.26. The van der Waals surface area contributed by atoms with Gasteiger partial charge in [0.1, 0.15) is 5.82 Å². The van der Waals surface area contributed by atoms with E-state index < -0.39 is 0 Å². The molecule has 2 heterocycles. The second-order valence-corrected chi connectivity index (χ2v) is 6.23. The summed E-state index contributed by atoms with van der Waals surface area (Å²) in [5.74, 6) is 1.58. The Morgan fingerprint density at radius 3 is 2.84 bits per heavy atom. The second kappa shape index (κ2) is 6.78. The fourth-order valence-corrected chi connectivity index (χ4v) is 2.63. The monoisotopic (exact) mass is 275 g/mol. The van der Waals surface area contributed by atoms with Crippen LogP contribution in [-0.2, 0) is 13.0 Å². The summed E-state index contributed by atoms with van der Waals surface area (Å²) in [4.78, 5) is 10.5. The molecule has 0 unspecified atom stereocenters. The van der Waals surface area contributed by atoms with E-state index in [0.717, 1.165) is 36.7 Å². The quantitative estimate of drug-likeness (QED) is 0.880. The first-order chi connectivity index (χ1) is 9.13. The van der Waals surface area contributed by atoms with E-state index in [4.69, 9.17) is 0 Å². The lowest BCUT2D eigenvalue weighted by Crippen LogP contribution is -2.20. The van der Waals surface area contributed by atoms with Crippen molar-refractivity contribution < 1.29 is 0 Å². The van der Waals surface area contributed by atoms with Gasteiger partial charge in [0, 0.05) is 23.5 Å². The Morgan fingerprint density at radius 2 is 2.16 bits per heavy atom. The van der Waals surface area contributed by atoms with Crippen molar-refractivity contribution in [1.29, 1.82) is 0 Å². The van der Waals surface area contributed by atoms with Gasteiger partial charge < -0.3 is 5.32 Å². The zero-order valence-corrected chi connectivity index (χ0v) is 12.6. The first kappa shape index (κ1) is 14.2. The Hall–Kier alpha value is -1.26. The molecule has 0 radical (unpaired) electrons. The summed E-state index contributed by atoms with van der Waals surface area (Å²) in [6.07, 6.45) is 0.830. The van der Waals surface area contributed by atoms with Crippen molar-refractivity contribution in [3.05, 3.63) is 45.7 Å². The van der Waals surface area contributed by atoms with Crippen LogP contribution in [-0.4, -0.2) is 16.5 Å². The average Bonchev–Trinajstić information content (AvgIpc) is 2.80. The van der Waals surface area contributed by atoms with Crippen molar-refractivity contribution in [3.63, 3.8) is 0 Å². The van der Waals surface area contributed by atoms with Crippen LogP contribution in [0, 0.1) is 12.8 Å². The Labute approximate surface area is 119 Å². The van der Waals surface area contributed by atoms with Gasteiger partial charge in [-0.25, -0.2) is 9.97 Å². The minimum atomic E-state index is 0.661. The maximum absolute atomic E-state index is 4.64. The van der Waals surface area contributed by atoms with E-state index in [9.17, 15) is 0 Å². The minimum absolute atomic E-state index is 0.661. The van der Waals surface area contributed by atoms with Crippen molar-refractivity contribution in [2.75, 3.05) is 6.54 Å². The van der Waals surface area contributed by atoms with Gasteiger partial charge in [0.2, 0.25) is 0 Å². The maximum Gasteiger partial charge on any atom is 0.134 e. The summed E-state index contributed by atoms with van der Waals surface area (Å²) in [7, 11) is 0. The van der Waals surface area contributed by atoms with E-state index in [1.165, 1.54) is 4.88 Å². The molecule has 0 aromatic carbocycles. The van der Waals surface area contributed by atoms with E-state index >= 15 is 0 Å². The topological polar surface area (TPSA) is 37.8 Å². The summed E-state index contributed by atoms with van der Waals surface area (Å²) < 4.78 is 0. The van der Waals surface area contributed by atoms with Crippen LogP contribution in [0.25, 0.3) is 0 Å². The van der Waals surface area contributed by atoms with Gasteiger partial charge in [0.05, 0.1) is 5.69 Å². The molecule has 0 saturated heterocycles. The van der Waals surface area contributed by atoms with Gasteiger partial charge in [-0.05, 0) is 36.9 Å². The highest BCUT2D eigenvalue weighted by Crippen LogP contribution is 2.13. The van der Waals surface area contributed by atoms with Crippen LogP contribution >= 0.6 is 11.3 Å². The van der Waals surface area contributed by atoms with E-state index in [1.807, 2.05) is 6.92 Å². The van der Waals surface area contributed by atoms with Gasteiger partial charge in [-0.3, -0.25) is 0 Å². The fourth-order valence-electron chi connectivity index (χ4n) is 1.93. The third-order valence-corrected chi connectivity index (χ3v) is 3.60. The smallest absolute Gasteiger partial charge is 0.134 e. The van der Waals surface area contributed by atoms with Crippen molar-refractivity contribution >= 4 is 11.3 Å². The zero-order chi connectivity index (χ0) is 13.7. The van der Waals surface area contributed by atoms with Crippen LogP contribution in [0.3, 0.4) is 0 Å². The second-order valence-electron chi connectivity index (χ2n) is 5.20. The molecule has 4 heteroatoms. The van der Waals surface area contributed by atoms with Crippen LogP contribution in [0.5, 0.6) is 0 Å². The first-order valence-corrected chi connectivity index (χ1v) is 7.58. The molecule has 0 aliphatic rings. The lowest BCUT2D eigenvalue weighted by molar-refractivity contribution is 0.547. The fraction of sp³-hybridized carbons (Fsp3) is 0.467. The standard InChI is InChI=1S/C15H21N3S/c1-11(2)9-16-10-13-7-12(3)17-15(18-13)8-14-5-4-6-19-14/h4-7,11,16H,8-10H2,1-3H3. The maximum atomic E-state index is 4.64. The molecule has 0 amide bonds. The predicted molar refractivity (Wildman–Crippen MR) is 80.4 cm³/mol. The zero-order valence-electron chi connectivity index (χ0n) is 11.8. The molecule has 0 bridgehead atoms. The molecule has 0 aliphatic heterocycles. The van der Waals surface area contributed by atoms with Crippen molar-refractivity contribution in [2.45, 2.75) is 33.7 Å². The number of rotatable bonds is 6. The van der Waals surface area contributed by atoms with E-state index in [0.29, 0.717) is 5.92 Å². The molecule has 0 aliphatic carbocycles. The molecular weight excluding hydrogens is 254 g/mol. The van der Waals surface area contributed by atoms with Crippen molar-refractivity contribution in [2.24, 2.45) is 5.92 Å². The number of hydrogen-bond donors (Lipinski definition) is 1. The average molecular weight is 275 g/mol. The SMILES string of the molecule is Cc1cc(CNCC(C)C)nc(Cc2cccs2)n1. The number of aromatic nitrogens is 2. The summed E-state index contributed by atoms with van der Waals surface area (Å²) in [5, 5.41) is 5.52. The lowest BCUT2D eigenvalue weighted by atomic mass is 10.2. The highest BCUT2D eigenvalue weighted by Gasteiger charge is 2.04. The van der Waals surface area contributed by atoms with Gasteiger partial charge in [0.25, 0.3) is 0 Å². The lowest BCUT2D eigenvalue weighted by Gasteiger charge is -2.08. The molecule has 19 heavy (non-hydrogen) atoms. The Kier molecular flexibility index (Phi) is 5.05. The minimum Gasteiger partial charge on any atom is -0.311 e. The van der Waals surface area contributed by atoms with Crippen LogP contribution in [0.4, 0.5) is 0 Å². The summed E-state index contributed by atoms with van der Waals surface area (Å²) in [6.45, 7) is 8.29. The highest BCUT2D eigenvalue weighted by atomic mass is 32.1. The third-order valence-electron chi connectivity index (χ3n) is 2.72. The number of hydrogen-bond acceptors (Lipinski definition) is 4. The van der Waals surface area contributed by atoms with Crippen LogP contribution in [0.1, 0.15) is 35.9 Å². The molecule has 1 N–H and O–H groups in total. The van der Waals surface area contributed by atoms with Gasteiger partial charge in [-0.15, -0.1) is 11.3 Å². The van der Waals surface area contributed by atoms with Crippen LogP contribution in [0.15, 0.2) is 23.6 Å². The summed E-state index contributed by atoms with van der Waals surface area (Å²) >= 11 is 1.76. The van der Waals surface area contributed by atoms with Crippen molar-refractivity contribution in [3.8, 4) is 0 Å². The van der Waals surface area contributed by atoms with Crippen LogP contribution < -0.4 is 5.32 Å². The number of aryl methyl sites for hydroxylation is 1. The van der Waals surface area contributed by atoms with E-state index in [1.54, 1.807) is 11.3 Å². The third kappa shape index (κ3) is 4.73. The number of thiophene rings is 1. The molecule has 0 atom stereocenters. The van der Waals surface area contributed by atoms with Crippen molar-refractivity contribution in [1.82, 2.24) is 15.3 Å².